The molecule has 1 amide bonds. The topological polar surface area (TPSA) is 108 Å². The lowest BCUT2D eigenvalue weighted by atomic mass is 9.88. The van der Waals surface area contributed by atoms with E-state index < -0.39 is 24.5 Å². The maximum Gasteiger partial charge on any atom is 0.341 e. The van der Waals surface area contributed by atoms with E-state index in [1.807, 2.05) is 0 Å². The summed E-state index contributed by atoms with van der Waals surface area (Å²) in [5.74, 6) is -1.04. The number of thiophene rings is 1. The normalized spacial score (nSPS) is 15.3. The monoisotopic (exact) mass is 416 g/mol. The van der Waals surface area contributed by atoms with E-state index in [0.717, 1.165) is 29.7 Å². The van der Waals surface area contributed by atoms with Crippen molar-refractivity contribution < 1.29 is 23.9 Å². The first-order chi connectivity index (χ1) is 13.9. The highest BCUT2D eigenvalue weighted by atomic mass is 32.1. The molecule has 7 nitrogen and oxygen atoms in total. The van der Waals surface area contributed by atoms with Crippen molar-refractivity contribution in [3.63, 3.8) is 0 Å². The van der Waals surface area contributed by atoms with Crippen LogP contribution in [0.15, 0.2) is 24.3 Å². The van der Waals surface area contributed by atoms with Gasteiger partial charge in [0.2, 0.25) is 0 Å². The van der Waals surface area contributed by atoms with Crippen molar-refractivity contribution in [2.45, 2.75) is 33.1 Å². The van der Waals surface area contributed by atoms with Crippen LogP contribution in [0.25, 0.3) is 0 Å². The van der Waals surface area contributed by atoms with Crippen LogP contribution in [0.2, 0.25) is 0 Å². The Balaban J connectivity index is 1.70. The largest absolute Gasteiger partial charge is 0.462 e. The van der Waals surface area contributed by atoms with E-state index in [1.165, 1.54) is 23.5 Å². The molecular formula is C21H24N2O5S. The number of carbonyl (C=O) groups excluding carboxylic acids is 3. The van der Waals surface area contributed by atoms with Gasteiger partial charge in [0.1, 0.15) is 5.00 Å². The number of nitrogens with one attached hydrogen (secondary N) is 1. The van der Waals surface area contributed by atoms with E-state index >= 15 is 0 Å². The lowest BCUT2D eigenvalue weighted by molar-refractivity contribution is -0.119. The van der Waals surface area contributed by atoms with E-state index in [1.54, 1.807) is 19.1 Å². The number of fused-ring (bicyclic) bond motifs is 1. The lowest BCUT2D eigenvalue weighted by Gasteiger charge is -2.18. The number of hydrogen-bond donors (Lipinski definition) is 2. The van der Waals surface area contributed by atoms with Gasteiger partial charge in [0.25, 0.3) is 5.91 Å². The molecule has 0 aliphatic heterocycles. The van der Waals surface area contributed by atoms with E-state index in [2.05, 4.69) is 12.2 Å². The first-order valence-corrected chi connectivity index (χ1v) is 10.3. The first-order valence-electron chi connectivity index (χ1n) is 9.53. The van der Waals surface area contributed by atoms with Crippen LogP contribution in [0.3, 0.4) is 0 Å². The van der Waals surface area contributed by atoms with Gasteiger partial charge < -0.3 is 20.5 Å². The number of nitrogen functional groups attached to an aromatic ring is 1. The second-order valence-electron chi connectivity index (χ2n) is 7.02. The number of esters is 2. The molecule has 0 fully saturated rings. The molecule has 0 radical (unpaired) electrons. The van der Waals surface area contributed by atoms with Crippen LogP contribution in [0.1, 0.15) is 51.4 Å². The number of benzene rings is 1. The Bertz CT molecular complexity index is 920. The van der Waals surface area contributed by atoms with Crippen LogP contribution in [-0.4, -0.2) is 31.1 Å². The number of amides is 1. The number of carbonyl (C=O) groups is 3. The minimum absolute atomic E-state index is 0.256. The fourth-order valence-corrected chi connectivity index (χ4v) is 4.67. The molecule has 8 heteroatoms. The summed E-state index contributed by atoms with van der Waals surface area (Å²) in [7, 11) is 0. The van der Waals surface area contributed by atoms with Gasteiger partial charge in [0.15, 0.2) is 6.61 Å². The van der Waals surface area contributed by atoms with Gasteiger partial charge in [-0.3, -0.25) is 4.79 Å². The molecule has 3 rings (SSSR count). The van der Waals surface area contributed by atoms with Gasteiger partial charge in [-0.1, -0.05) is 6.92 Å². The van der Waals surface area contributed by atoms with E-state index in [4.69, 9.17) is 15.2 Å². The average molecular weight is 416 g/mol. The third kappa shape index (κ3) is 4.95. The van der Waals surface area contributed by atoms with Crippen LogP contribution < -0.4 is 11.1 Å². The van der Waals surface area contributed by atoms with Crippen LogP contribution >= 0.6 is 11.3 Å². The average Bonchev–Trinajstić information content (AvgIpc) is 3.03. The Kier molecular flexibility index (Phi) is 6.53. The highest BCUT2D eigenvalue weighted by Gasteiger charge is 2.29. The van der Waals surface area contributed by atoms with E-state index in [0.29, 0.717) is 27.7 Å². The van der Waals surface area contributed by atoms with Crippen molar-refractivity contribution in [1.29, 1.82) is 0 Å². The van der Waals surface area contributed by atoms with Crippen LogP contribution in [0.4, 0.5) is 10.7 Å². The van der Waals surface area contributed by atoms with Gasteiger partial charge in [-0.15, -0.1) is 11.3 Å². The zero-order valence-electron chi connectivity index (χ0n) is 16.4. The van der Waals surface area contributed by atoms with Crippen molar-refractivity contribution in [2.75, 3.05) is 24.3 Å². The predicted molar refractivity (Wildman–Crippen MR) is 111 cm³/mol. The highest BCUT2D eigenvalue weighted by molar-refractivity contribution is 7.17. The molecule has 154 valence electrons. The zero-order chi connectivity index (χ0) is 21.0. The Morgan fingerprint density at radius 1 is 1.17 bits per heavy atom. The molecule has 1 aromatic carbocycles. The van der Waals surface area contributed by atoms with Crippen molar-refractivity contribution in [3.8, 4) is 0 Å². The Labute approximate surface area is 173 Å². The second-order valence-corrected chi connectivity index (χ2v) is 8.13. The van der Waals surface area contributed by atoms with Crippen molar-refractivity contribution in [3.05, 3.63) is 45.8 Å². The molecule has 3 N–H and O–H groups in total. The third-order valence-corrected chi connectivity index (χ3v) is 5.89. The van der Waals surface area contributed by atoms with E-state index in [9.17, 15) is 14.4 Å². The van der Waals surface area contributed by atoms with E-state index in [-0.39, 0.29) is 6.61 Å². The maximum atomic E-state index is 12.5. The lowest BCUT2D eigenvalue weighted by Crippen LogP contribution is -2.22. The molecule has 0 unspecified atom stereocenters. The Hall–Kier alpha value is -2.87. The number of rotatable bonds is 6. The first kappa shape index (κ1) is 20.9. The molecule has 0 saturated carbocycles. The number of nitrogens with two attached hydrogens (primary N) is 1. The molecule has 1 atom stereocenters. The van der Waals surface area contributed by atoms with Gasteiger partial charge in [-0.25, -0.2) is 9.59 Å². The smallest absolute Gasteiger partial charge is 0.341 e. The predicted octanol–water partition coefficient (Wildman–Crippen LogP) is 3.43. The molecule has 1 aliphatic carbocycles. The minimum Gasteiger partial charge on any atom is -0.462 e. The summed E-state index contributed by atoms with van der Waals surface area (Å²) in [5.41, 5.74) is 7.81. The van der Waals surface area contributed by atoms with Crippen LogP contribution in [-0.2, 0) is 27.1 Å². The summed E-state index contributed by atoms with van der Waals surface area (Å²) in [6.45, 7) is 3.71. The fourth-order valence-electron chi connectivity index (χ4n) is 3.25. The molecule has 0 bridgehead atoms. The number of ether oxygens (including phenoxy) is 2. The number of hydrogen-bond acceptors (Lipinski definition) is 7. The molecule has 0 spiro atoms. The quantitative estimate of drug-likeness (QED) is 0.552. The summed E-state index contributed by atoms with van der Waals surface area (Å²) in [6, 6.07) is 6.23. The number of anilines is 2. The van der Waals surface area contributed by atoms with Gasteiger partial charge >= 0.3 is 11.9 Å². The van der Waals surface area contributed by atoms with Crippen molar-refractivity contribution >= 4 is 39.9 Å². The van der Waals surface area contributed by atoms with Gasteiger partial charge in [-0.05, 0) is 61.9 Å². The summed E-state index contributed by atoms with van der Waals surface area (Å²) in [5, 5.41) is 3.17. The van der Waals surface area contributed by atoms with Gasteiger partial charge in [0, 0.05) is 10.6 Å². The second kappa shape index (κ2) is 9.09. The zero-order valence-corrected chi connectivity index (χ0v) is 17.3. The minimum atomic E-state index is -0.620. The molecule has 1 aromatic heterocycles. The Morgan fingerprint density at radius 2 is 1.90 bits per heavy atom. The highest BCUT2D eigenvalue weighted by Crippen LogP contribution is 2.40. The van der Waals surface area contributed by atoms with Gasteiger partial charge in [-0.2, -0.15) is 0 Å². The molecule has 1 aliphatic rings. The molecule has 0 saturated heterocycles. The molecule has 1 heterocycles. The van der Waals surface area contributed by atoms with Crippen molar-refractivity contribution in [2.24, 2.45) is 5.92 Å². The fraction of sp³-hybridized carbons (Fsp3) is 0.381. The SMILES string of the molecule is CCOC(=O)c1c(NC(=O)COC(=O)c2ccc(N)cc2)sc2c1CC[C@H](C)C2. The Morgan fingerprint density at radius 3 is 2.59 bits per heavy atom. The van der Waals surface area contributed by atoms with Crippen molar-refractivity contribution in [1.82, 2.24) is 0 Å². The summed E-state index contributed by atoms with van der Waals surface area (Å²) < 4.78 is 10.3. The molecule has 2 aromatic rings. The molecular weight excluding hydrogens is 392 g/mol. The maximum absolute atomic E-state index is 12.5. The van der Waals surface area contributed by atoms with Crippen LogP contribution in [0.5, 0.6) is 0 Å². The molecule has 29 heavy (non-hydrogen) atoms. The third-order valence-electron chi connectivity index (χ3n) is 4.72. The summed E-state index contributed by atoms with van der Waals surface area (Å²) in [6.07, 6.45) is 2.64. The van der Waals surface area contributed by atoms with Gasteiger partial charge in [0.05, 0.1) is 17.7 Å². The van der Waals surface area contributed by atoms with Crippen LogP contribution in [0, 0.1) is 5.92 Å². The summed E-state index contributed by atoms with van der Waals surface area (Å²) >= 11 is 1.39. The standard InChI is InChI=1S/C21H24N2O5S/c1-3-27-21(26)18-15-9-4-12(2)10-16(15)29-19(18)23-17(24)11-28-20(25)13-5-7-14(22)8-6-13/h5-8,12H,3-4,9-11,22H2,1-2H3,(H,23,24)/t12-/m0/s1. The summed E-state index contributed by atoms with van der Waals surface area (Å²) in [4.78, 5) is 38.0.